The summed E-state index contributed by atoms with van der Waals surface area (Å²) >= 11 is 0. The van der Waals surface area contributed by atoms with Crippen LogP contribution in [-0.4, -0.2) is 29.5 Å². The van der Waals surface area contributed by atoms with Gasteiger partial charge in [-0.15, -0.1) is 8.78 Å². The minimum atomic E-state index is -3.84. The van der Waals surface area contributed by atoms with Crippen LogP contribution in [0.15, 0.2) is 18.2 Å². The van der Waals surface area contributed by atoms with Crippen LogP contribution in [0.3, 0.4) is 0 Å². The Balaban J connectivity index is 2.16. The maximum absolute atomic E-state index is 14.4. The van der Waals surface area contributed by atoms with E-state index >= 15 is 0 Å². The summed E-state index contributed by atoms with van der Waals surface area (Å²) < 4.78 is 53.7. The second-order valence-electron chi connectivity index (χ2n) is 4.70. The molecule has 1 aromatic heterocycles. The molecule has 0 spiro atoms. The molecule has 0 aliphatic carbocycles. The maximum atomic E-state index is 14.4. The van der Waals surface area contributed by atoms with E-state index in [9.17, 15) is 18.0 Å². The van der Waals surface area contributed by atoms with Crippen molar-refractivity contribution in [3.8, 4) is 28.5 Å². The van der Waals surface area contributed by atoms with Crippen LogP contribution in [0.1, 0.15) is 10.5 Å². The summed E-state index contributed by atoms with van der Waals surface area (Å²) in [5.41, 5.74) is 3.89. The number of hydrogen-bond acceptors (Lipinski definition) is 6. The van der Waals surface area contributed by atoms with E-state index in [1.165, 1.54) is 6.07 Å². The highest BCUT2D eigenvalue weighted by molar-refractivity contribution is 5.92. The number of halogens is 3. The van der Waals surface area contributed by atoms with Crippen LogP contribution in [0.2, 0.25) is 0 Å². The number of fused-ring (bicyclic) bond motifs is 1. The largest absolute Gasteiger partial charge is 0.586 e. The highest BCUT2D eigenvalue weighted by atomic mass is 19.3. The van der Waals surface area contributed by atoms with Gasteiger partial charge in [0.2, 0.25) is 0 Å². The molecule has 2 heterocycles. The highest BCUT2D eigenvalue weighted by Gasteiger charge is 2.43. The molecule has 1 aromatic carbocycles. The van der Waals surface area contributed by atoms with E-state index in [2.05, 4.69) is 14.5 Å². The van der Waals surface area contributed by atoms with E-state index in [1.54, 1.807) is 0 Å². The molecule has 0 bridgehead atoms. The molecule has 1 aliphatic heterocycles. The van der Waals surface area contributed by atoms with E-state index in [-0.39, 0.29) is 17.1 Å². The van der Waals surface area contributed by atoms with Gasteiger partial charge >= 0.3 is 12.3 Å². The first kappa shape index (κ1) is 15.7. The van der Waals surface area contributed by atoms with Crippen LogP contribution in [0.5, 0.6) is 17.2 Å². The lowest BCUT2D eigenvalue weighted by Crippen LogP contribution is -2.25. The molecule has 7 nitrogen and oxygen atoms in total. The molecule has 24 heavy (non-hydrogen) atoms. The van der Waals surface area contributed by atoms with Crippen molar-refractivity contribution in [1.82, 2.24) is 4.98 Å². The van der Waals surface area contributed by atoms with Crippen molar-refractivity contribution in [3.63, 3.8) is 0 Å². The summed E-state index contributed by atoms with van der Waals surface area (Å²) in [6.07, 6.45) is -3.84. The summed E-state index contributed by atoms with van der Waals surface area (Å²) in [5, 5.41) is 9.14. The molecule has 0 radical (unpaired) electrons. The van der Waals surface area contributed by atoms with Gasteiger partial charge in [-0.05, 0) is 18.2 Å². The maximum Gasteiger partial charge on any atom is 0.586 e. The first-order valence-corrected chi connectivity index (χ1v) is 6.40. The Hall–Kier alpha value is -3.17. The number of rotatable bonds is 3. The second-order valence-corrected chi connectivity index (χ2v) is 4.70. The van der Waals surface area contributed by atoms with E-state index in [0.29, 0.717) is 0 Å². The third-order valence-corrected chi connectivity index (χ3v) is 3.21. The van der Waals surface area contributed by atoms with Crippen LogP contribution in [0, 0.1) is 5.82 Å². The number of hydrogen-bond donors (Lipinski definition) is 2. The van der Waals surface area contributed by atoms with Gasteiger partial charge in [-0.2, -0.15) is 0 Å². The molecule has 0 saturated carbocycles. The monoisotopic (exact) mass is 342 g/mol. The topological polar surface area (TPSA) is 104 Å². The Labute approximate surface area is 132 Å². The zero-order chi connectivity index (χ0) is 17.6. The molecule has 126 valence electrons. The number of pyridine rings is 1. The fourth-order valence-electron chi connectivity index (χ4n) is 2.21. The number of nitrogens with zero attached hydrogens (tertiary/aromatic N) is 1. The number of carboxylic acid groups (broad SMARTS) is 1. The lowest BCUT2D eigenvalue weighted by molar-refractivity contribution is -0.286. The van der Waals surface area contributed by atoms with Gasteiger partial charge in [-0.1, -0.05) is 0 Å². The molecule has 0 saturated heterocycles. The third kappa shape index (κ3) is 2.41. The molecule has 3 N–H and O–H groups in total. The van der Waals surface area contributed by atoms with E-state index in [0.717, 1.165) is 19.2 Å². The van der Waals surface area contributed by atoms with Gasteiger partial charge in [0.05, 0.1) is 7.11 Å². The lowest BCUT2D eigenvalue weighted by atomic mass is 10.1. The molecule has 10 heteroatoms. The van der Waals surface area contributed by atoms with Crippen LogP contribution in [0.4, 0.5) is 18.9 Å². The molecule has 2 aromatic rings. The van der Waals surface area contributed by atoms with Crippen molar-refractivity contribution >= 4 is 11.7 Å². The fraction of sp³-hybridized carbons (Fsp3) is 0.143. The van der Waals surface area contributed by atoms with Crippen LogP contribution >= 0.6 is 0 Å². The summed E-state index contributed by atoms with van der Waals surface area (Å²) in [5.74, 6) is -3.57. The number of nitrogens with two attached hydrogens (primary N) is 1. The first-order valence-electron chi connectivity index (χ1n) is 6.40. The SMILES string of the molecule is COc1c(C(=O)O)nc(-c2ccc3c(c2)OC(F)(F)O3)c(F)c1N. The molecule has 0 atom stereocenters. The van der Waals surface area contributed by atoms with Crippen molar-refractivity contribution < 1.29 is 37.3 Å². The second kappa shape index (κ2) is 5.18. The minimum Gasteiger partial charge on any atom is -0.492 e. The smallest absolute Gasteiger partial charge is 0.492 e. The minimum absolute atomic E-state index is 0.0237. The summed E-state index contributed by atoms with van der Waals surface area (Å²) in [7, 11) is 1.11. The Morgan fingerprint density at radius 3 is 2.62 bits per heavy atom. The number of methoxy groups -OCH3 is 1. The van der Waals surface area contributed by atoms with Gasteiger partial charge in [0.1, 0.15) is 11.4 Å². The number of carboxylic acids is 1. The quantitative estimate of drug-likeness (QED) is 0.883. The van der Waals surface area contributed by atoms with Crippen LogP contribution < -0.4 is 19.9 Å². The number of aromatic nitrogens is 1. The number of anilines is 1. The van der Waals surface area contributed by atoms with E-state index < -0.39 is 40.9 Å². The van der Waals surface area contributed by atoms with Gasteiger partial charge in [-0.3, -0.25) is 0 Å². The fourth-order valence-corrected chi connectivity index (χ4v) is 2.21. The average Bonchev–Trinajstić information content (AvgIpc) is 2.82. The van der Waals surface area contributed by atoms with Crippen molar-refractivity contribution in [1.29, 1.82) is 0 Å². The van der Waals surface area contributed by atoms with E-state index in [1.807, 2.05) is 0 Å². The number of alkyl halides is 2. The summed E-state index contributed by atoms with van der Waals surface area (Å²) in [6, 6.07) is 3.37. The summed E-state index contributed by atoms with van der Waals surface area (Å²) in [6.45, 7) is 0. The number of benzene rings is 1. The zero-order valence-electron chi connectivity index (χ0n) is 12.0. The number of nitrogen functional groups attached to an aromatic ring is 1. The number of carbonyl (C=O) groups is 1. The highest BCUT2D eigenvalue weighted by Crippen LogP contribution is 2.43. The van der Waals surface area contributed by atoms with Crippen LogP contribution in [0.25, 0.3) is 11.3 Å². The van der Waals surface area contributed by atoms with Crippen molar-refractivity contribution in [2.75, 3.05) is 12.8 Å². The Kier molecular flexibility index (Phi) is 3.39. The van der Waals surface area contributed by atoms with E-state index in [4.69, 9.17) is 15.6 Å². The number of aromatic carboxylic acids is 1. The van der Waals surface area contributed by atoms with Gasteiger partial charge < -0.3 is 25.1 Å². The standard InChI is InChI=1S/C14H9F3N2O5/c1-22-12-9(18)8(15)10(19-11(12)13(20)21)5-2-3-6-7(4-5)24-14(16,17)23-6/h2-4H,1H3,(H2,18,19)(H,20,21). The van der Waals surface area contributed by atoms with Gasteiger partial charge in [0.15, 0.2) is 28.8 Å². The summed E-state index contributed by atoms with van der Waals surface area (Å²) in [4.78, 5) is 14.9. The average molecular weight is 342 g/mol. The molecule has 0 fully saturated rings. The first-order chi connectivity index (χ1) is 11.2. The molecule has 3 rings (SSSR count). The van der Waals surface area contributed by atoms with Crippen molar-refractivity contribution in [3.05, 3.63) is 29.7 Å². The molecule has 0 amide bonds. The van der Waals surface area contributed by atoms with Crippen LogP contribution in [-0.2, 0) is 0 Å². The Bertz CT molecular complexity index is 857. The lowest BCUT2D eigenvalue weighted by Gasteiger charge is -2.12. The molecular weight excluding hydrogens is 333 g/mol. The third-order valence-electron chi connectivity index (χ3n) is 3.21. The van der Waals surface area contributed by atoms with Gasteiger partial charge in [0, 0.05) is 5.56 Å². The van der Waals surface area contributed by atoms with Crippen molar-refractivity contribution in [2.24, 2.45) is 0 Å². The number of ether oxygens (including phenoxy) is 3. The Morgan fingerprint density at radius 1 is 1.33 bits per heavy atom. The van der Waals surface area contributed by atoms with Crippen molar-refractivity contribution in [2.45, 2.75) is 6.29 Å². The predicted molar refractivity (Wildman–Crippen MR) is 73.8 cm³/mol. The molecular formula is C14H9F3N2O5. The molecule has 1 aliphatic rings. The van der Waals surface area contributed by atoms with Gasteiger partial charge in [0.25, 0.3) is 0 Å². The van der Waals surface area contributed by atoms with Gasteiger partial charge in [-0.25, -0.2) is 14.2 Å². The predicted octanol–water partition coefficient (Wildman–Crippen LogP) is 2.50. The Morgan fingerprint density at radius 2 is 2.00 bits per heavy atom. The molecule has 0 unspecified atom stereocenters. The zero-order valence-corrected chi connectivity index (χ0v) is 12.0. The normalized spacial score (nSPS) is 14.5.